The smallest absolute Gasteiger partial charge is 0.0140 e. The topological polar surface area (TPSA) is 0 Å². The Balaban J connectivity index is 3.94. The van der Waals surface area contributed by atoms with Crippen LogP contribution < -0.4 is 0 Å². The lowest BCUT2D eigenvalue weighted by molar-refractivity contribution is 0.382. The third kappa shape index (κ3) is 5.73. The highest BCUT2D eigenvalue weighted by molar-refractivity contribution is 4.99. The molecular weight excluding hydrogens is 132 g/mol. The summed E-state index contributed by atoms with van der Waals surface area (Å²) in [6.07, 6.45) is 9.44. The summed E-state index contributed by atoms with van der Waals surface area (Å²) in [7, 11) is 0. The van der Waals surface area contributed by atoms with E-state index in [1.165, 1.54) is 5.57 Å². The molecular formula is C11H18. The molecule has 0 atom stereocenters. The molecule has 0 aromatic rings. The third-order valence-corrected chi connectivity index (χ3v) is 1.64. The summed E-state index contributed by atoms with van der Waals surface area (Å²) in [5.74, 6) is 2.70. The van der Waals surface area contributed by atoms with Crippen molar-refractivity contribution < 1.29 is 0 Å². The van der Waals surface area contributed by atoms with Gasteiger partial charge in [-0.15, -0.1) is 12.3 Å². The highest BCUT2D eigenvalue weighted by Crippen LogP contribution is 2.25. The summed E-state index contributed by atoms with van der Waals surface area (Å²) >= 11 is 0. The number of allylic oxidation sites excluding steroid dienone is 2. The van der Waals surface area contributed by atoms with Crippen molar-refractivity contribution in [3.8, 4) is 12.3 Å². The molecule has 0 aliphatic carbocycles. The van der Waals surface area contributed by atoms with Crippen LogP contribution in [0.5, 0.6) is 0 Å². The largest absolute Gasteiger partial charge is 0.120 e. The molecule has 0 saturated heterocycles. The van der Waals surface area contributed by atoms with Crippen LogP contribution in [0, 0.1) is 17.8 Å². The van der Waals surface area contributed by atoms with Crippen molar-refractivity contribution in [2.24, 2.45) is 5.41 Å². The molecule has 0 saturated carbocycles. The van der Waals surface area contributed by atoms with Gasteiger partial charge in [-0.05, 0) is 25.7 Å². The van der Waals surface area contributed by atoms with Gasteiger partial charge in [0.05, 0.1) is 0 Å². The van der Waals surface area contributed by atoms with Crippen LogP contribution in [0.25, 0.3) is 0 Å². The van der Waals surface area contributed by atoms with Crippen LogP contribution in [0.2, 0.25) is 0 Å². The van der Waals surface area contributed by atoms with E-state index in [2.05, 4.69) is 39.7 Å². The van der Waals surface area contributed by atoms with Crippen molar-refractivity contribution in [2.45, 2.75) is 40.5 Å². The monoisotopic (exact) mass is 150 g/mol. The van der Waals surface area contributed by atoms with Crippen LogP contribution in [-0.2, 0) is 0 Å². The van der Waals surface area contributed by atoms with E-state index in [1.54, 1.807) is 0 Å². The first-order valence-corrected chi connectivity index (χ1v) is 4.05. The Kier molecular flexibility index (Phi) is 3.97. The average molecular weight is 150 g/mol. The first-order valence-electron chi connectivity index (χ1n) is 4.05. The van der Waals surface area contributed by atoms with E-state index >= 15 is 0 Å². The molecule has 0 rings (SSSR count). The molecule has 0 heterocycles. The van der Waals surface area contributed by atoms with Gasteiger partial charge >= 0.3 is 0 Å². The summed E-state index contributed by atoms with van der Waals surface area (Å²) in [6.45, 7) is 8.64. The molecule has 0 aromatic carbocycles. The molecule has 0 nitrogen and oxygen atoms in total. The van der Waals surface area contributed by atoms with E-state index in [0.717, 1.165) is 12.8 Å². The minimum atomic E-state index is 0.270. The highest BCUT2D eigenvalue weighted by atomic mass is 14.2. The molecule has 0 unspecified atom stereocenters. The predicted octanol–water partition coefficient (Wildman–Crippen LogP) is 3.39. The van der Waals surface area contributed by atoms with Crippen molar-refractivity contribution in [1.82, 2.24) is 0 Å². The summed E-state index contributed by atoms with van der Waals surface area (Å²) in [5.41, 5.74) is 1.64. The number of rotatable bonds is 3. The fourth-order valence-electron chi connectivity index (χ4n) is 0.829. The molecule has 0 bridgehead atoms. The minimum Gasteiger partial charge on any atom is -0.120 e. The van der Waals surface area contributed by atoms with E-state index in [0.29, 0.717) is 0 Å². The van der Waals surface area contributed by atoms with Crippen LogP contribution in [0.15, 0.2) is 11.6 Å². The summed E-state index contributed by atoms with van der Waals surface area (Å²) in [6, 6.07) is 0. The van der Waals surface area contributed by atoms with Crippen LogP contribution in [0.1, 0.15) is 40.5 Å². The Bertz CT molecular complexity index is 173. The van der Waals surface area contributed by atoms with Crippen molar-refractivity contribution in [2.75, 3.05) is 0 Å². The SMILES string of the molecule is C#CCC(C)(C)CC=C(C)C. The molecule has 0 aromatic heterocycles. The van der Waals surface area contributed by atoms with Crippen LogP contribution in [0.3, 0.4) is 0 Å². The molecule has 11 heavy (non-hydrogen) atoms. The molecule has 0 fully saturated rings. The maximum atomic E-state index is 5.25. The van der Waals surface area contributed by atoms with Gasteiger partial charge in [-0.3, -0.25) is 0 Å². The number of hydrogen-bond donors (Lipinski definition) is 0. The van der Waals surface area contributed by atoms with Crippen LogP contribution >= 0.6 is 0 Å². The first kappa shape index (κ1) is 10.3. The Morgan fingerprint density at radius 1 is 1.45 bits per heavy atom. The molecule has 62 valence electrons. The fourth-order valence-corrected chi connectivity index (χ4v) is 0.829. The van der Waals surface area contributed by atoms with Gasteiger partial charge in [0.1, 0.15) is 0 Å². The minimum absolute atomic E-state index is 0.270. The highest BCUT2D eigenvalue weighted by Gasteiger charge is 2.13. The van der Waals surface area contributed by atoms with Gasteiger partial charge in [0.25, 0.3) is 0 Å². The summed E-state index contributed by atoms with van der Waals surface area (Å²) in [4.78, 5) is 0. The molecule has 0 heteroatoms. The predicted molar refractivity (Wildman–Crippen MR) is 51.3 cm³/mol. The first-order chi connectivity index (χ1) is 4.98. The van der Waals surface area contributed by atoms with Gasteiger partial charge in [0.15, 0.2) is 0 Å². The zero-order valence-corrected chi connectivity index (χ0v) is 8.07. The lowest BCUT2D eigenvalue weighted by Gasteiger charge is -2.19. The average Bonchev–Trinajstić information content (AvgIpc) is 1.84. The van der Waals surface area contributed by atoms with Gasteiger partial charge < -0.3 is 0 Å². The zero-order valence-electron chi connectivity index (χ0n) is 8.07. The zero-order chi connectivity index (χ0) is 8.91. The lowest BCUT2D eigenvalue weighted by atomic mass is 9.85. The summed E-state index contributed by atoms with van der Waals surface area (Å²) in [5, 5.41) is 0. The van der Waals surface area contributed by atoms with E-state index in [9.17, 15) is 0 Å². The Morgan fingerprint density at radius 2 is 2.00 bits per heavy atom. The van der Waals surface area contributed by atoms with Gasteiger partial charge in [-0.25, -0.2) is 0 Å². The second kappa shape index (κ2) is 4.23. The van der Waals surface area contributed by atoms with Crippen LogP contribution in [0.4, 0.5) is 0 Å². The van der Waals surface area contributed by atoms with Crippen molar-refractivity contribution in [3.63, 3.8) is 0 Å². The normalized spacial score (nSPS) is 10.5. The van der Waals surface area contributed by atoms with Crippen molar-refractivity contribution >= 4 is 0 Å². The maximum absolute atomic E-state index is 5.25. The second-order valence-corrected chi connectivity index (χ2v) is 4.03. The Labute approximate surface area is 70.7 Å². The van der Waals surface area contributed by atoms with Crippen LogP contribution in [-0.4, -0.2) is 0 Å². The van der Waals surface area contributed by atoms with E-state index in [-0.39, 0.29) is 5.41 Å². The van der Waals surface area contributed by atoms with Gasteiger partial charge in [-0.2, -0.15) is 0 Å². The number of terminal acetylenes is 1. The molecule has 0 aliphatic heterocycles. The van der Waals surface area contributed by atoms with E-state index in [4.69, 9.17) is 6.42 Å². The van der Waals surface area contributed by atoms with Gasteiger partial charge in [0.2, 0.25) is 0 Å². The van der Waals surface area contributed by atoms with E-state index < -0.39 is 0 Å². The van der Waals surface area contributed by atoms with Gasteiger partial charge in [-0.1, -0.05) is 25.5 Å². The maximum Gasteiger partial charge on any atom is 0.0140 e. The van der Waals surface area contributed by atoms with E-state index in [1.807, 2.05) is 0 Å². The summed E-state index contributed by atoms with van der Waals surface area (Å²) < 4.78 is 0. The molecule has 0 N–H and O–H groups in total. The molecule has 0 spiro atoms. The second-order valence-electron chi connectivity index (χ2n) is 4.03. The van der Waals surface area contributed by atoms with Gasteiger partial charge in [0, 0.05) is 6.42 Å². The number of hydrogen-bond acceptors (Lipinski definition) is 0. The molecule has 0 amide bonds. The molecule has 0 aliphatic rings. The standard InChI is InChI=1S/C11H18/c1-6-8-11(4,5)9-7-10(2)3/h1,7H,8-9H2,2-5H3. The lowest BCUT2D eigenvalue weighted by Crippen LogP contribution is -2.08. The third-order valence-electron chi connectivity index (χ3n) is 1.64. The quantitative estimate of drug-likeness (QED) is 0.427. The molecule has 0 radical (unpaired) electrons. The Morgan fingerprint density at radius 3 is 2.36 bits per heavy atom. The van der Waals surface area contributed by atoms with Crippen molar-refractivity contribution in [3.05, 3.63) is 11.6 Å². The van der Waals surface area contributed by atoms with Crippen molar-refractivity contribution in [1.29, 1.82) is 0 Å². The fraction of sp³-hybridized carbons (Fsp3) is 0.636. The Hall–Kier alpha value is -0.700.